The summed E-state index contributed by atoms with van der Waals surface area (Å²) in [5, 5.41) is 3.69. The fourth-order valence-corrected chi connectivity index (χ4v) is 4.72. The van der Waals surface area contributed by atoms with Crippen LogP contribution in [0.1, 0.15) is 51.5 Å². The van der Waals surface area contributed by atoms with Crippen LogP contribution in [0.5, 0.6) is 0 Å². The van der Waals surface area contributed by atoms with Gasteiger partial charge in [0.25, 0.3) is 0 Å². The van der Waals surface area contributed by atoms with Gasteiger partial charge in [-0.2, -0.15) is 0 Å². The Morgan fingerprint density at radius 3 is 2.60 bits per heavy atom. The highest BCUT2D eigenvalue weighted by molar-refractivity contribution is 7.99. The van der Waals surface area contributed by atoms with Crippen LogP contribution in [0.2, 0.25) is 0 Å². The molecule has 1 aromatic carbocycles. The van der Waals surface area contributed by atoms with Crippen molar-refractivity contribution in [2.24, 2.45) is 11.8 Å². The van der Waals surface area contributed by atoms with Crippen LogP contribution in [0.3, 0.4) is 0 Å². The fraction of sp³-hybridized carbons (Fsp3) is 0.667. The van der Waals surface area contributed by atoms with Gasteiger partial charge in [-0.1, -0.05) is 18.2 Å². The lowest BCUT2D eigenvalue weighted by Gasteiger charge is -2.40. The van der Waals surface area contributed by atoms with Gasteiger partial charge in [0, 0.05) is 16.2 Å². The molecular weight excluding hydrogens is 262 g/mol. The molecule has 3 unspecified atom stereocenters. The predicted octanol–water partition coefficient (Wildman–Crippen LogP) is 4.68. The van der Waals surface area contributed by atoms with Crippen molar-refractivity contribution in [1.29, 1.82) is 0 Å². The summed E-state index contributed by atoms with van der Waals surface area (Å²) in [6.45, 7) is 8.01. The van der Waals surface area contributed by atoms with E-state index in [9.17, 15) is 0 Å². The molecule has 1 aromatic rings. The zero-order valence-electron chi connectivity index (χ0n) is 13.0. The van der Waals surface area contributed by atoms with Crippen LogP contribution in [0.25, 0.3) is 0 Å². The second-order valence-electron chi connectivity index (χ2n) is 7.51. The summed E-state index contributed by atoms with van der Waals surface area (Å²) < 4.78 is 0. The van der Waals surface area contributed by atoms with E-state index in [4.69, 9.17) is 0 Å². The van der Waals surface area contributed by atoms with Gasteiger partial charge in [0.05, 0.1) is 0 Å². The average molecular weight is 289 g/mol. The van der Waals surface area contributed by atoms with E-state index in [-0.39, 0.29) is 5.54 Å². The monoisotopic (exact) mass is 289 g/mol. The lowest BCUT2D eigenvalue weighted by atomic mass is 9.69. The summed E-state index contributed by atoms with van der Waals surface area (Å²) in [6, 6.07) is 9.02. The Morgan fingerprint density at radius 1 is 1.15 bits per heavy atom. The third-order valence-corrected chi connectivity index (χ3v) is 6.11. The van der Waals surface area contributed by atoms with Gasteiger partial charge in [0.15, 0.2) is 0 Å². The van der Waals surface area contributed by atoms with Crippen LogP contribution >= 0.6 is 11.8 Å². The molecule has 110 valence electrons. The lowest BCUT2D eigenvalue weighted by molar-refractivity contribution is 0.143. The maximum absolute atomic E-state index is 3.69. The summed E-state index contributed by atoms with van der Waals surface area (Å²) in [5.74, 6) is 3.96. The van der Waals surface area contributed by atoms with Gasteiger partial charge in [0.1, 0.15) is 0 Å². The molecule has 1 aliphatic carbocycles. The molecular formula is C18H27NS. The summed E-state index contributed by atoms with van der Waals surface area (Å²) in [6.07, 6.45) is 4.27. The van der Waals surface area contributed by atoms with Crippen LogP contribution in [0.4, 0.5) is 0 Å². The van der Waals surface area contributed by atoms with Gasteiger partial charge in [-0.15, -0.1) is 11.8 Å². The molecule has 20 heavy (non-hydrogen) atoms. The van der Waals surface area contributed by atoms with Crippen LogP contribution in [-0.4, -0.2) is 17.8 Å². The van der Waals surface area contributed by atoms with Crippen molar-refractivity contribution in [3.05, 3.63) is 29.8 Å². The van der Waals surface area contributed by atoms with Gasteiger partial charge < -0.3 is 5.32 Å². The SMILES string of the molecule is CC(C)(C)NCC1CCC1CC1CSc2ccccc21. The Labute approximate surface area is 127 Å². The Morgan fingerprint density at radius 2 is 1.90 bits per heavy atom. The molecule has 1 heterocycles. The molecule has 0 saturated heterocycles. The molecule has 1 fully saturated rings. The number of benzene rings is 1. The largest absolute Gasteiger partial charge is 0.312 e. The number of rotatable bonds is 4. The smallest absolute Gasteiger partial charge is 0.0107 e. The first kappa shape index (κ1) is 14.5. The minimum absolute atomic E-state index is 0.260. The molecule has 3 rings (SSSR count). The molecule has 2 aliphatic rings. The quantitative estimate of drug-likeness (QED) is 0.863. The third-order valence-electron chi connectivity index (χ3n) is 4.86. The number of hydrogen-bond acceptors (Lipinski definition) is 2. The molecule has 1 saturated carbocycles. The van der Waals surface area contributed by atoms with Crippen molar-refractivity contribution in [3.63, 3.8) is 0 Å². The average Bonchev–Trinajstić information content (AvgIpc) is 2.76. The second-order valence-corrected chi connectivity index (χ2v) is 8.57. The van der Waals surface area contributed by atoms with Crippen molar-refractivity contribution in [3.8, 4) is 0 Å². The molecule has 0 spiro atoms. The van der Waals surface area contributed by atoms with Crippen LogP contribution in [0.15, 0.2) is 29.2 Å². The molecule has 0 bridgehead atoms. The van der Waals surface area contributed by atoms with Gasteiger partial charge in [0.2, 0.25) is 0 Å². The molecule has 2 heteroatoms. The van der Waals surface area contributed by atoms with Crippen molar-refractivity contribution < 1.29 is 0 Å². The maximum Gasteiger partial charge on any atom is 0.0107 e. The molecule has 0 radical (unpaired) electrons. The van der Waals surface area contributed by atoms with Crippen molar-refractivity contribution in [2.75, 3.05) is 12.3 Å². The Bertz CT molecular complexity index is 463. The minimum Gasteiger partial charge on any atom is -0.312 e. The minimum atomic E-state index is 0.260. The molecule has 1 aliphatic heterocycles. The number of nitrogens with one attached hydrogen (secondary N) is 1. The summed E-state index contributed by atoms with van der Waals surface area (Å²) in [7, 11) is 0. The van der Waals surface area contributed by atoms with Crippen LogP contribution in [0, 0.1) is 11.8 Å². The fourth-order valence-electron chi connectivity index (χ4n) is 3.44. The van der Waals surface area contributed by atoms with Crippen LogP contribution < -0.4 is 5.32 Å². The Balaban J connectivity index is 1.54. The van der Waals surface area contributed by atoms with Gasteiger partial charge in [-0.25, -0.2) is 0 Å². The number of thioether (sulfide) groups is 1. The molecule has 1 nitrogen and oxygen atoms in total. The molecule has 3 atom stereocenters. The number of hydrogen-bond donors (Lipinski definition) is 1. The van der Waals surface area contributed by atoms with Gasteiger partial charge in [-0.05, 0) is 76.0 Å². The third kappa shape index (κ3) is 3.23. The summed E-state index contributed by atoms with van der Waals surface area (Å²) >= 11 is 2.06. The van der Waals surface area contributed by atoms with E-state index in [1.807, 2.05) is 0 Å². The summed E-state index contributed by atoms with van der Waals surface area (Å²) in [4.78, 5) is 1.53. The highest BCUT2D eigenvalue weighted by Crippen LogP contribution is 2.47. The van der Waals surface area contributed by atoms with E-state index < -0.39 is 0 Å². The Hall–Kier alpha value is -0.470. The zero-order valence-corrected chi connectivity index (χ0v) is 13.8. The Kier molecular flexibility index (Phi) is 4.14. The van der Waals surface area contributed by atoms with E-state index in [2.05, 4.69) is 62.1 Å². The first-order valence-corrected chi connectivity index (χ1v) is 8.98. The van der Waals surface area contributed by atoms with Crippen molar-refractivity contribution >= 4 is 11.8 Å². The van der Waals surface area contributed by atoms with Crippen LogP contribution in [-0.2, 0) is 0 Å². The predicted molar refractivity (Wildman–Crippen MR) is 88.5 cm³/mol. The molecule has 0 aromatic heterocycles. The van der Waals surface area contributed by atoms with E-state index >= 15 is 0 Å². The van der Waals surface area contributed by atoms with Crippen molar-refractivity contribution in [2.45, 2.75) is 56.4 Å². The van der Waals surface area contributed by atoms with E-state index in [1.165, 1.54) is 36.5 Å². The van der Waals surface area contributed by atoms with E-state index in [0.717, 1.165) is 17.8 Å². The number of fused-ring (bicyclic) bond motifs is 1. The normalized spacial score (nSPS) is 29.1. The van der Waals surface area contributed by atoms with E-state index in [0.29, 0.717) is 0 Å². The van der Waals surface area contributed by atoms with Gasteiger partial charge in [-0.3, -0.25) is 0 Å². The highest BCUT2D eigenvalue weighted by atomic mass is 32.2. The van der Waals surface area contributed by atoms with E-state index in [1.54, 1.807) is 5.56 Å². The lowest BCUT2D eigenvalue weighted by Crippen LogP contribution is -2.43. The molecule has 0 amide bonds. The highest BCUT2D eigenvalue weighted by Gasteiger charge is 2.35. The first-order chi connectivity index (χ1) is 9.53. The van der Waals surface area contributed by atoms with Crippen molar-refractivity contribution in [1.82, 2.24) is 5.32 Å². The maximum atomic E-state index is 3.69. The first-order valence-electron chi connectivity index (χ1n) is 8.00. The van der Waals surface area contributed by atoms with Gasteiger partial charge >= 0.3 is 0 Å². The second kappa shape index (κ2) is 5.73. The molecule has 1 N–H and O–H groups in total. The summed E-state index contributed by atoms with van der Waals surface area (Å²) in [5.41, 5.74) is 1.88. The zero-order chi connectivity index (χ0) is 14.2. The topological polar surface area (TPSA) is 12.0 Å². The standard InChI is InChI=1S/C18H27NS/c1-18(2,3)19-11-14-9-8-13(14)10-15-12-20-17-7-5-4-6-16(15)17/h4-7,13-15,19H,8-12H2,1-3H3.